The Morgan fingerprint density at radius 1 is 1.11 bits per heavy atom. The Morgan fingerprint density at radius 2 is 1.93 bits per heavy atom. The van der Waals surface area contributed by atoms with Gasteiger partial charge in [0.2, 0.25) is 12.7 Å². The van der Waals surface area contributed by atoms with Gasteiger partial charge in [-0.2, -0.15) is 0 Å². The third-order valence-corrected chi connectivity index (χ3v) is 5.94. The average Bonchev–Trinajstić information content (AvgIpc) is 3.17. The van der Waals surface area contributed by atoms with E-state index in [1.54, 1.807) is 12.1 Å². The number of primary amides is 1. The molecule has 2 aromatic rings. The first-order valence-electron chi connectivity index (χ1n) is 8.95. The van der Waals surface area contributed by atoms with Crippen LogP contribution in [0.15, 0.2) is 24.3 Å². The van der Waals surface area contributed by atoms with Crippen LogP contribution in [0.4, 0.5) is 5.00 Å². The molecule has 6 nitrogen and oxygen atoms in total. The summed E-state index contributed by atoms with van der Waals surface area (Å²) in [6, 6.07) is 5.47. The first-order valence-corrected chi connectivity index (χ1v) is 9.76. The van der Waals surface area contributed by atoms with Gasteiger partial charge < -0.3 is 20.5 Å². The van der Waals surface area contributed by atoms with Crippen LogP contribution in [-0.2, 0) is 17.6 Å². The van der Waals surface area contributed by atoms with E-state index < -0.39 is 5.91 Å². The van der Waals surface area contributed by atoms with Crippen molar-refractivity contribution in [2.24, 2.45) is 5.73 Å². The van der Waals surface area contributed by atoms with Gasteiger partial charge in [0.25, 0.3) is 5.91 Å². The number of benzene rings is 1. The summed E-state index contributed by atoms with van der Waals surface area (Å²) in [6.45, 7) is 0.210. The van der Waals surface area contributed by atoms with E-state index in [9.17, 15) is 9.59 Å². The van der Waals surface area contributed by atoms with E-state index in [1.807, 2.05) is 12.1 Å². The van der Waals surface area contributed by atoms with Crippen molar-refractivity contribution in [3.05, 3.63) is 45.8 Å². The van der Waals surface area contributed by atoms with Crippen molar-refractivity contribution in [2.45, 2.75) is 32.1 Å². The number of aryl methyl sites for hydroxylation is 1. The summed E-state index contributed by atoms with van der Waals surface area (Å²) >= 11 is 1.47. The number of ether oxygens (including phenoxy) is 2. The molecule has 7 heteroatoms. The van der Waals surface area contributed by atoms with Gasteiger partial charge in [-0.25, -0.2) is 0 Å². The first kappa shape index (κ1) is 17.6. The second kappa shape index (κ2) is 7.44. The fourth-order valence-electron chi connectivity index (χ4n) is 3.43. The van der Waals surface area contributed by atoms with Gasteiger partial charge in [-0.05, 0) is 55.0 Å². The van der Waals surface area contributed by atoms with E-state index >= 15 is 0 Å². The van der Waals surface area contributed by atoms with Crippen LogP contribution in [0.1, 0.15) is 45.6 Å². The lowest BCUT2D eigenvalue weighted by Gasteiger charge is -2.04. The zero-order chi connectivity index (χ0) is 18.8. The highest BCUT2D eigenvalue weighted by Gasteiger charge is 2.23. The highest BCUT2D eigenvalue weighted by Crippen LogP contribution is 2.37. The molecule has 0 saturated carbocycles. The minimum absolute atomic E-state index is 0.210. The summed E-state index contributed by atoms with van der Waals surface area (Å²) in [4.78, 5) is 25.5. The van der Waals surface area contributed by atoms with Crippen molar-refractivity contribution in [3.63, 3.8) is 0 Å². The molecule has 0 spiro atoms. The van der Waals surface area contributed by atoms with Crippen molar-refractivity contribution < 1.29 is 19.1 Å². The van der Waals surface area contributed by atoms with E-state index in [-0.39, 0.29) is 12.7 Å². The molecule has 27 heavy (non-hydrogen) atoms. The van der Waals surface area contributed by atoms with Crippen molar-refractivity contribution >= 4 is 34.2 Å². The van der Waals surface area contributed by atoms with Crippen LogP contribution in [0.3, 0.4) is 0 Å². The lowest BCUT2D eigenvalue weighted by Crippen LogP contribution is -2.16. The first-order chi connectivity index (χ1) is 13.1. The van der Waals surface area contributed by atoms with Crippen LogP contribution < -0.4 is 20.5 Å². The predicted octanol–water partition coefficient (Wildman–Crippen LogP) is 3.50. The number of anilines is 1. The highest BCUT2D eigenvalue weighted by molar-refractivity contribution is 7.17. The molecule has 0 radical (unpaired) electrons. The number of carbonyl (C=O) groups is 2. The smallest absolute Gasteiger partial charge is 0.251 e. The van der Waals surface area contributed by atoms with E-state index in [1.165, 1.54) is 17.4 Å². The third-order valence-electron chi connectivity index (χ3n) is 4.73. The second-order valence-corrected chi connectivity index (χ2v) is 7.67. The van der Waals surface area contributed by atoms with Crippen LogP contribution in [0.2, 0.25) is 0 Å². The third kappa shape index (κ3) is 3.68. The SMILES string of the molecule is NC(=O)c1c(NC(=O)C=Cc2ccc3c(c2)OCO3)sc2c1CCCCC2. The van der Waals surface area contributed by atoms with Gasteiger partial charge in [-0.15, -0.1) is 11.3 Å². The molecule has 0 atom stereocenters. The maximum atomic E-state index is 12.4. The van der Waals surface area contributed by atoms with Gasteiger partial charge >= 0.3 is 0 Å². The molecule has 4 rings (SSSR count). The van der Waals surface area contributed by atoms with Crippen LogP contribution in [-0.4, -0.2) is 18.6 Å². The highest BCUT2D eigenvalue weighted by atomic mass is 32.1. The summed E-state index contributed by atoms with van der Waals surface area (Å²) in [5, 5.41) is 3.38. The Bertz CT molecular complexity index is 932. The van der Waals surface area contributed by atoms with Crippen LogP contribution in [0.5, 0.6) is 11.5 Å². The second-order valence-electron chi connectivity index (χ2n) is 6.57. The standard InChI is InChI=1S/C20H20N2O4S/c21-19(24)18-13-4-2-1-3-5-16(13)27-20(18)22-17(23)9-7-12-6-8-14-15(10-12)26-11-25-14/h6-10H,1-5,11H2,(H2,21,24)(H,22,23). The van der Waals surface area contributed by atoms with Gasteiger partial charge in [0.1, 0.15) is 5.00 Å². The number of nitrogens with one attached hydrogen (secondary N) is 1. The molecule has 2 amide bonds. The number of rotatable bonds is 4. The van der Waals surface area contributed by atoms with E-state index in [0.717, 1.165) is 48.1 Å². The van der Waals surface area contributed by atoms with Gasteiger partial charge in [-0.1, -0.05) is 12.5 Å². The normalized spacial score (nSPS) is 15.4. The van der Waals surface area contributed by atoms with Gasteiger partial charge in [-0.3, -0.25) is 9.59 Å². The van der Waals surface area contributed by atoms with Crippen LogP contribution in [0.25, 0.3) is 6.08 Å². The lowest BCUT2D eigenvalue weighted by molar-refractivity contribution is -0.111. The Balaban J connectivity index is 1.52. The van der Waals surface area contributed by atoms with Crippen molar-refractivity contribution in [3.8, 4) is 11.5 Å². The Labute approximate surface area is 161 Å². The number of thiophene rings is 1. The van der Waals surface area contributed by atoms with E-state index in [2.05, 4.69) is 5.32 Å². The molecule has 2 aliphatic rings. The number of nitrogens with two attached hydrogens (primary N) is 1. The molecule has 1 aliphatic carbocycles. The number of hydrogen-bond donors (Lipinski definition) is 2. The quantitative estimate of drug-likeness (QED) is 0.624. The Morgan fingerprint density at radius 3 is 2.78 bits per heavy atom. The molecule has 0 unspecified atom stereocenters. The maximum Gasteiger partial charge on any atom is 0.251 e. The largest absolute Gasteiger partial charge is 0.454 e. The molecular formula is C20H20N2O4S. The summed E-state index contributed by atoms with van der Waals surface area (Å²) in [7, 11) is 0. The van der Waals surface area contributed by atoms with Crippen LogP contribution in [0, 0.1) is 0 Å². The zero-order valence-corrected chi connectivity index (χ0v) is 15.6. The Hall–Kier alpha value is -2.80. The Kier molecular flexibility index (Phi) is 4.85. The lowest BCUT2D eigenvalue weighted by atomic mass is 10.1. The van der Waals surface area contributed by atoms with Crippen molar-refractivity contribution in [2.75, 3.05) is 12.1 Å². The number of carbonyl (C=O) groups excluding carboxylic acids is 2. The molecular weight excluding hydrogens is 364 g/mol. The fraction of sp³-hybridized carbons (Fsp3) is 0.300. The average molecular weight is 384 g/mol. The molecule has 1 aliphatic heterocycles. The van der Waals surface area contributed by atoms with E-state index in [4.69, 9.17) is 15.2 Å². The minimum Gasteiger partial charge on any atom is -0.454 e. The van der Waals surface area contributed by atoms with Crippen molar-refractivity contribution in [1.82, 2.24) is 0 Å². The van der Waals surface area contributed by atoms with Crippen LogP contribution >= 0.6 is 11.3 Å². The predicted molar refractivity (Wildman–Crippen MR) is 104 cm³/mol. The molecule has 140 valence electrons. The molecule has 1 aromatic carbocycles. The molecule has 3 N–H and O–H groups in total. The fourth-order valence-corrected chi connectivity index (χ4v) is 4.73. The molecule has 0 fully saturated rings. The van der Waals surface area contributed by atoms with E-state index in [0.29, 0.717) is 22.1 Å². The molecule has 0 bridgehead atoms. The minimum atomic E-state index is -0.482. The monoisotopic (exact) mass is 384 g/mol. The number of fused-ring (bicyclic) bond motifs is 2. The zero-order valence-electron chi connectivity index (χ0n) is 14.7. The van der Waals surface area contributed by atoms with Gasteiger partial charge in [0.05, 0.1) is 5.56 Å². The summed E-state index contributed by atoms with van der Waals surface area (Å²) in [5.74, 6) is 0.578. The van der Waals surface area contributed by atoms with Crippen molar-refractivity contribution in [1.29, 1.82) is 0 Å². The maximum absolute atomic E-state index is 12.4. The summed E-state index contributed by atoms with van der Waals surface area (Å²) in [6.07, 6.45) is 8.20. The molecule has 2 heterocycles. The summed E-state index contributed by atoms with van der Waals surface area (Å²) < 4.78 is 10.6. The number of hydrogen-bond acceptors (Lipinski definition) is 5. The van der Waals surface area contributed by atoms with Gasteiger partial charge in [0.15, 0.2) is 11.5 Å². The molecule has 1 aromatic heterocycles. The molecule has 0 saturated heterocycles. The topological polar surface area (TPSA) is 90.7 Å². The number of amides is 2. The van der Waals surface area contributed by atoms with Gasteiger partial charge in [0, 0.05) is 11.0 Å². The summed E-state index contributed by atoms with van der Waals surface area (Å²) in [5.41, 5.74) is 7.91.